The van der Waals surface area contributed by atoms with E-state index >= 15 is 0 Å². The molecule has 4 heteroatoms. The summed E-state index contributed by atoms with van der Waals surface area (Å²) in [6, 6.07) is 8.74. The minimum atomic E-state index is 0. The molecule has 1 amide bonds. The number of amides is 1. The molecular weight excluding hydrogens is 260 g/mol. The van der Waals surface area contributed by atoms with Crippen LogP contribution >= 0.6 is 12.4 Å². The van der Waals surface area contributed by atoms with Crippen molar-refractivity contribution in [1.82, 2.24) is 10.6 Å². The van der Waals surface area contributed by atoms with Crippen molar-refractivity contribution >= 4 is 18.3 Å². The van der Waals surface area contributed by atoms with Gasteiger partial charge in [-0.1, -0.05) is 29.8 Å². The molecule has 2 rings (SSSR count). The molecule has 1 aromatic carbocycles. The number of benzene rings is 1. The second-order valence-electron chi connectivity index (χ2n) is 5.08. The number of aryl methyl sites for hydroxylation is 2. The van der Waals surface area contributed by atoms with Gasteiger partial charge in [0.15, 0.2) is 0 Å². The summed E-state index contributed by atoms with van der Waals surface area (Å²) < 4.78 is 0. The lowest BCUT2D eigenvalue weighted by molar-refractivity contribution is -0.121. The summed E-state index contributed by atoms with van der Waals surface area (Å²) in [5, 5.41) is 6.43. The van der Waals surface area contributed by atoms with E-state index in [2.05, 4.69) is 41.8 Å². The average molecular weight is 283 g/mol. The highest BCUT2D eigenvalue weighted by Crippen LogP contribution is 2.07. The second-order valence-corrected chi connectivity index (χ2v) is 5.08. The second kappa shape index (κ2) is 8.18. The van der Waals surface area contributed by atoms with Crippen LogP contribution in [0.15, 0.2) is 24.3 Å². The Morgan fingerprint density at radius 1 is 1.37 bits per heavy atom. The van der Waals surface area contributed by atoms with Crippen LogP contribution in [0.4, 0.5) is 0 Å². The maximum atomic E-state index is 11.8. The van der Waals surface area contributed by atoms with Gasteiger partial charge in [-0.25, -0.2) is 0 Å². The van der Waals surface area contributed by atoms with Crippen LogP contribution in [-0.4, -0.2) is 25.0 Å². The molecule has 2 N–H and O–H groups in total. The first kappa shape index (κ1) is 16.0. The summed E-state index contributed by atoms with van der Waals surface area (Å²) in [4.78, 5) is 11.8. The van der Waals surface area contributed by atoms with Gasteiger partial charge in [0.05, 0.1) is 0 Å². The monoisotopic (exact) mass is 282 g/mol. The molecule has 106 valence electrons. The van der Waals surface area contributed by atoms with Gasteiger partial charge >= 0.3 is 0 Å². The van der Waals surface area contributed by atoms with Gasteiger partial charge in [0.1, 0.15) is 0 Å². The summed E-state index contributed by atoms with van der Waals surface area (Å²) in [6.45, 7) is 4.12. The quantitative estimate of drug-likeness (QED) is 0.889. The van der Waals surface area contributed by atoms with Gasteiger partial charge in [0, 0.05) is 12.5 Å². The van der Waals surface area contributed by atoms with Gasteiger partial charge in [-0.05, 0) is 44.8 Å². The van der Waals surface area contributed by atoms with E-state index in [1.807, 2.05) is 0 Å². The zero-order valence-electron chi connectivity index (χ0n) is 11.4. The van der Waals surface area contributed by atoms with Gasteiger partial charge in [-0.2, -0.15) is 0 Å². The third-order valence-corrected chi connectivity index (χ3v) is 3.43. The van der Waals surface area contributed by atoms with Crippen molar-refractivity contribution in [3.63, 3.8) is 0 Å². The summed E-state index contributed by atoms with van der Waals surface area (Å²) in [6.07, 6.45) is 3.53. The number of halogens is 1. The predicted octanol–water partition coefficient (Wildman–Crippen LogP) is 2.22. The van der Waals surface area contributed by atoms with E-state index in [9.17, 15) is 4.79 Å². The highest BCUT2D eigenvalue weighted by atomic mass is 35.5. The molecule has 0 unspecified atom stereocenters. The fourth-order valence-corrected chi connectivity index (χ4v) is 2.39. The molecule has 1 saturated heterocycles. The Morgan fingerprint density at radius 2 is 2.11 bits per heavy atom. The van der Waals surface area contributed by atoms with Crippen molar-refractivity contribution in [2.24, 2.45) is 0 Å². The zero-order valence-corrected chi connectivity index (χ0v) is 12.3. The molecule has 0 atom stereocenters. The SMILES string of the molecule is Cc1cccc(CCC(=O)NC2CCNCC2)c1.Cl. The first-order valence-corrected chi connectivity index (χ1v) is 6.79. The molecule has 3 nitrogen and oxygen atoms in total. The molecule has 0 spiro atoms. The summed E-state index contributed by atoms with van der Waals surface area (Å²) in [7, 11) is 0. The number of piperidine rings is 1. The maximum Gasteiger partial charge on any atom is 0.220 e. The summed E-state index contributed by atoms with van der Waals surface area (Å²) in [5.41, 5.74) is 2.50. The van der Waals surface area contributed by atoms with E-state index < -0.39 is 0 Å². The highest BCUT2D eigenvalue weighted by molar-refractivity contribution is 5.85. The van der Waals surface area contributed by atoms with Gasteiger partial charge in [-0.3, -0.25) is 4.79 Å². The third-order valence-electron chi connectivity index (χ3n) is 3.43. The minimum absolute atomic E-state index is 0. The first-order valence-electron chi connectivity index (χ1n) is 6.79. The molecule has 1 fully saturated rings. The Morgan fingerprint density at radius 3 is 2.79 bits per heavy atom. The van der Waals surface area contributed by atoms with Gasteiger partial charge in [-0.15, -0.1) is 12.4 Å². The zero-order chi connectivity index (χ0) is 12.8. The molecule has 0 saturated carbocycles. The number of hydrogen-bond donors (Lipinski definition) is 2. The molecule has 0 aromatic heterocycles. The maximum absolute atomic E-state index is 11.8. The molecule has 1 aliphatic rings. The van der Waals surface area contributed by atoms with E-state index in [0.29, 0.717) is 12.5 Å². The van der Waals surface area contributed by atoms with Gasteiger partial charge < -0.3 is 10.6 Å². The van der Waals surface area contributed by atoms with E-state index in [1.165, 1.54) is 11.1 Å². The number of rotatable bonds is 4. The Labute approximate surface area is 121 Å². The van der Waals surface area contributed by atoms with Crippen molar-refractivity contribution in [2.75, 3.05) is 13.1 Å². The molecular formula is C15H23ClN2O. The molecule has 19 heavy (non-hydrogen) atoms. The van der Waals surface area contributed by atoms with Crippen molar-refractivity contribution in [3.05, 3.63) is 35.4 Å². The van der Waals surface area contributed by atoms with Crippen LogP contribution in [0.2, 0.25) is 0 Å². The Kier molecular flexibility index (Phi) is 6.89. The minimum Gasteiger partial charge on any atom is -0.353 e. The fourth-order valence-electron chi connectivity index (χ4n) is 2.39. The van der Waals surface area contributed by atoms with Crippen molar-refractivity contribution in [3.8, 4) is 0 Å². The Hall–Kier alpha value is -1.06. The van der Waals surface area contributed by atoms with E-state index in [0.717, 1.165) is 32.4 Å². The summed E-state index contributed by atoms with van der Waals surface area (Å²) in [5.74, 6) is 0.184. The van der Waals surface area contributed by atoms with Crippen LogP contribution in [0.1, 0.15) is 30.4 Å². The van der Waals surface area contributed by atoms with E-state index in [4.69, 9.17) is 0 Å². The molecule has 1 aromatic rings. The van der Waals surface area contributed by atoms with Crippen LogP contribution in [-0.2, 0) is 11.2 Å². The van der Waals surface area contributed by atoms with Crippen LogP contribution in [0.25, 0.3) is 0 Å². The first-order chi connectivity index (χ1) is 8.74. The number of nitrogens with one attached hydrogen (secondary N) is 2. The fraction of sp³-hybridized carbons (Fsp3) is 0.533. The van der Waals surface area contributed by atoms with Crippen LogP contribution < -0.4 is 10.6 Å². The molecule has 1 heterocycles. The number of carbonyl (C=O) groups is 1. The normalized spacial score (nSPS) is 15.6. The molecule has 0 radical (unpaired) electrons. The topological polar surface area (TPSA) is 41.1 Å². The third kappa shape index (κ3) is 5.62. The van der Waals surface area contributed by atoms with Crippen molar-refractivity contribution < 1.29 is 4.79 Å². The molecule has 0 bridgehead atoms. The summed E-state index contributed by atoms with van der Waals surface area (Å²) >= 11 is 0. The smallest absolute Gasteiger partial charge is 0.220 e. The van der Waals surface area contributed by atoms with E-state index in [1.54, 1.807) is 0 Å². The predicted molar refractivity (Wildman–Crippen MR) is 80.8 cm³/mol. The largest absolute Gasteiger partial charge is 0.353 e. The van der Waals surface area contributed by atoms with Crippen LogP contribution in [0, 0.1) is 6.92 Å². The number of hydrogen-bond acceptors (Lipinski definition) is 2. The van der Waals surface area contributed by atoms with Gasteiger partial charge in [0.2, 0.25) is 5.91 Å². The lowest BCUT2D eigenvalue weighted by Crippen LogP contribution is -2.42. The number of carbonyl (C=O) groups excluding carboxylic acids is 1. The van der Waals surface area contributed by atoms with Crippen molar-refractivity contribution in [1.29, 1.82) is 0 Å². The Balaban J connectivity index is 0.00000180. The molecule has 1 aliphatic heterocycles. The average Bonchev–Trinajstić information content (AvgIpc) is 2.38. The van der Waals surface area contributed by atoms with Crippen molar-refractivity contribution in [2.45, 2.75) is 38.6 Å². The molecule has 0 aliphatic carbocycles. The van der Waals surface area contributed by atoms with E-state index in [-0.39, 0.29) is 18.3 Å². The standard InChI is InChI=1S/C15H22N2O.ClH/c1-12-3-2-4-13(11-12)5-6-15(18)17-14-7-9-16-10-8-14;/h2-4,11,14,16H,5-10H2,1H3,(H,17,18);1H. The van der Waals surface area contributed by atoms with Gasteiger partial charge in [0.25, 0.3) is 0 Å². The highest BCUT2D eigenvalue weighted by Gasteiger charge is 2.14. The lowest BCUT2D eigenvalue weighted by Gasteiger charge is -2.23. The van der Waals surface area contributed by atoms with Crippen LogP contribution in [0.5, 0.6) is 0 Å². The Bertz CT molecular complexity index is 403. The van der Waals surface area contributed by atoms with Crippen LogP contribution in [0.3, 0.4) is 0 Å². The lowest BCUT2D eigenvalue weighted by atomic mass is 10.0.